The van der Waals surface area contributed by atoms with Crippen LogP contribution in [0.3, 0.4) is 0 Å². The van der Waals surface area contributed by atoms with Gasteiger partial charge >= 0.3 is 0 Å². The van der Waals surface area contributed by atoms with E-state index >= 15 is 0 Å². The molecule has 0 aliphatic carbocycles. The molecular weight excluding hydrogens is 219 g/mol. The SMILES string of the molecule is ClCc1ccc2ccc(CCl)nc2n1. The topological polar surface area (TPSA) is 25.8 Å². The van der Waals surface area contributed by atoms with Crippen LogP contribution in [0.1, 0.15) is 11.4 Å². The summed E-state index contributed by atoms with van der Waals surface area (Å²) >= 11 is 11.4. The third kappa shape index (κ3) is 1.81. The highest BCUT2D eigenvalue weighted by atomic mass is 35.5. The van der Waals surface area contributed by atoms with Crippen molar-refractivity contribution in [2.24, 2.45) is 0 Å². The minimum atomic E-state index is 0.405. The van der Waals surface area contributed by atoms with Gasteiger partial charge in [0.05, 0.1) is 23.1 Å². The summed E-state index contributed by atoms with van der Waals surface area (Å²) in [7, 11) is 0. The first-order valence-electron chi connectivity index (χ1n) is 4.21. The van der Waals surface area contributed by atoms with E-state index in [1.807, 2.05) is 24.3 Å². The Bertz CT molecular complexity index is 418. The molecule has 0 aliphatic rings. The summed E-state index contributed by atoms with van der Waals surface area (Å²) < 4.78 is 0. The monoisotopic (exact) mass is 226 g/mol. The molecule has 0 spiro atoms. The Morgan fingerprint density at radius 1 is 0.857 bits per heavy atom. The lowest BCUT2D eigenvalue weighted by atomic mass is 10.2. The van der Waals surface area contributed by atoms with Crippen molar-refractivity contribution in [2.45, 2.75) is 11.8 Å². The van der Waals surface area contributed by atoms with Crippen LogP contribution in [-0.2, 0) is 11.8 Å². The fourth-order valence-corrected chi connectivity index (χ4v) is 1.52. The zero-order valence-electron chi connectivity index (χ0n) is 7.37. The largest absolute Gasteiger partial charge is 0.232 e. The summed E-state index contributed by atoms with van der Waals surface area (Å²) in [5.41, 5.74) is 2.37. The quantitative estimate of drug-likeness (QED) is 0.736. The number of aromatic nitrogens is 2. The number of hydrogen-bond donors (Lipinski definition) is 0. The smallest absolute Gasteiger partial charge is 0.159 e. The predicted octanol–water partition coefficient (Wildman–Crippen LogP) is 3.11. The molecule has 72 valence electrons. The van der Waals surface area contributed by atoms with Gasteiger partial charge in [0.25, 0.3) is 0 Å². The van der Waals surface area contributed by atoms with Gasteiger partial charge in [-0.05, 0) is 24.3 Å². The summed E-state index contributed by atoms with van der Waals surface area (Å²) in [4.78, 5) is 8.60. The molecule has 4 heteroatoms. The lowest BCUT2D eigenvalue weighted by molar-refractivity contribution is 1.13. The van der Waals surface area contributed by atoms with E-state index in [0.717, 1.165) is 16.8 Å². The van der Waals surface area contributed by atoms with Gasteiger partial charge in [0.15, 0.2) is 5.65 Å². The molecule has 0 fully saturated rings. The first-order chi connectivity index (χ1) is 6.83. The lowest BCUT2D eigenvalue weighted by Gasteiger charge is -2.00. The van der Waals surface area contributed by atoms with Crippen molar-refractivity contribution < 1.29 is 0 Å². The van der Waals surface area contributed by atoms with Crippen molar-refractivity contribution in [3.63, 3.8) is 0 Å². The highest BCUT2D eigenvalue weighted by molar-refractivity contribution is 6.17. The van der Waals surface area contributed by atoms with Crippen LogP contribution in [0.25, 0.3) is 11.0 Å². The van der Waals surface area contributed by atoms with Gasteiger partial charge in [0.1, 0.15) is 0 Å². The number of hydrogen-bond acceptors (Lipinski definition) is 2. The highest BCUT2D eigenvalue weighted by Gasteiger charge is 2.00. The molecule has 0 aliphatic heterocycles. The van der Waals surface area contributed by atoms with E-state index in [1.54, 1.807) is 0 Å². The zero-order chi connectivity index (χ0) is 9.97. The van der Waals surface area contributed by atoms with Crippen LogP contribution in [-0.4, -0.2) is 9.97 Å². The number of rotatable bonds is 2. The van der Waals surface area contributed by atoms with Crippen LogP contribution in [0.2, 0.25) is 0 Å². The molecule has 0 N–H and O–H groups in total. The molecule has 14 heavy (non-hydrogen) atoms. The Balaban J connectivity index is 2.60. The summed E-state index contributed by atoms with van der Waals surface area (Å²) in [5, 5.41) is 1.01. The number of nitrogens with zero attached hydrogens (tertiary/aromatic N) is 2. The summed E-state index contributed by atoms with van der Waals surface area (Å²) in [6, 6.07) is 7.73. The van der Waals surface area contributed by atoms with E-state index in [-0.39, 0.29) is 0 Å². The van der Waals surface area contributed by atoms with E-state index in [9.17, 15) is 0 Å². The van der Waals surface area contributed by atoms with Crippen LogP contribution >= 0.6 is 23.2 Å². The molecule has 0 unspecified atom stereocenters. The highest BCUT2D eigenvalue weighted by Crippen LogP contribution is 2.13. The maximum absolute atomic E-state index is 5.68. The Morgan fingerprint density at radius 3 is 1.79 bits per heavy atom. The number of alkyl halides is 2. The van der Waals surface area contributed by atoms with E-state index in [1.165, 1.54) is 0 Å². The Kier molecular flexibility index (Phi) is 2.85. The van der Waals surface area contributed by atoms with Crippen molar-refractivity contribution in [1.29, 1.82) is 0 Å². The van der Waals surface area contributed by atoms with Crippen LogP contribution in [0.4, 0.5) is 0 Å². The molecule has 0 aromatic carbocycles. The average molecular weight is 227 g/mol. The summed E-state index contributed by atoms with van der Waals surface area (Å²) in [6.07, 6.45) is 0. The molecule has 0 radical (unpaired) electrons. The van der Waals surface area contributed by atoms with E-state index in [0.29, 0.717) is 17.4 Å². The molecule has 2 rings (SSSR count). The van der Waals surface area contributed by atoms with Crippen molar-refractivity contribution in [3.8, 4) is 0 Å². The molecule has 2 aromatic rings. The van der Waals surface area contributed by atoms with Gasteiger partial charge in [-0.25, -0.2) is 9.97 Å². The maximum atomic E-state index is 5.68. The van der Waals surface area contributed by atoms with Gasteiger partial charge in [-0.2, -0.15) is 0 Å². The minimum Gasteiger partial charge on any atom is -0.232 e. The summed E-state index contributed by atoms with van der Waals surface area (Å²) in [5.74, 6) is 0.811. The fourth-order valence-electron chi connectivity index (χ4n) is 1.23. The van der Waals surface area contributed by atoms with Crippen molar-refractivity contribution in [1.82, 2.24) is 9.97 Å². The third-order valence-electron chi connectivity index (χ3n) is 1.94. The second-order valence-corrected chi connectivity index (χ2v) is 3.45. The second-order valence-electron chi connectivity index (χ2n) is 2.92. The first-order valence-corrected chi connectivity index (χ1v) is 5.28. The van der Waals surface area contributed by atoms with Gasteiger partial charge in [-0.15, -0.1) is 23.2 Å². The van der Waals surface area contributed by atoms with Crippen LogP contribution in [0.5, 0.6) is 0 Å². The molecule has 0 atom stereocenters. The number of fused-ring (bicyclic) bond motifs is 1. The third-order valence-corrected chi connectivity index (χ3v) is 2.49. The molecular formula is C10H8Cl2N2. The van der Waals surface area contributed by atoms with E-state index in [4.69, 9.17) is 23.2 Å². The van der Waals surface area contributed by atoms with Gasteiger partial charge < -0.3 is 0 Å². The number of pyridine rings is 2. The Labute approximate surface area is 91.9 Å². The van der Waals surface area contributed by atoms with Gasteiger partial charge in [0, 0.05) is 5.39 Å². The molecule has 0 amide bonds. The maximum Gasteiger partial charge on any atom is 0.159 e. The molecule has 2 aromatic heterocycles. The van der Waals surface area contributed by atoms with E-state index in [2.05, 4.69) is 9.97 Å². The molecule has 2 heterocycles. The van der Waals surface area contributed by atoms with E-state index < -0.39 is 0 Å². The van der Waals surface area contributed by atoms with Crippen LogP contribution in [0, 0.1) is 0 Å². The molecule has 0 saturated heterocycles. The Morgan fingerprint density at radius 2 is 1.36 bits per heavy atom. The van der Waals surface area contributed by atoms with Crippen molar-refractivity contribution >= 4 is 34.2 Å². The average Bonchev–Trinajstić information content (AvgIpc) is 2.27. The van der Waals surface area contributed by atoms with Crippen molar-refractivity contribution in [2.75, 3.05) is 0 Å². The lowest BCUT2D eigenvalue weighted by Crippen LogP contribution is -1.92. The molecule has 2 nitrogen and oxygen atoms in total. The first kappa shape index (κ1) is 9.69. The zero-order valence-corrected chi connectivity index (χ0v) is 8.89. The van der Waals surface area contributed by atoms with Crippen LogP contribution < -0.4 is 0 Å². The molecule has 0 saturated carbocycles. The van der Waals surface area contributed by atoms with Crippen molar-refractivity contribution in [3.05, 3.63) is 35.7 Å². The molecule has 0 bridgehead atoms. The Hall–Kier alpha value is -0.860. The van der Waals surface area contributed by atoms with Gasteiger partial charge in [0.2, 0.25) is 0 Å². The number of halogens is 2. The minimum absolute atomic E-state index is 0.405. The predicted molar refractivity (Wildman–Crippen MR) is 58.7 cm³/mol. The van der Waals surface area contributed by atoms with Gasteiger partial charge in [-0.3, -0.25) is 0 Å². The standard InChI is InChI=1S/C10H8Cl2N2/c11-5-8-3-1-7-2-4-9(6-12)14-10(7)13-8/h1-4H,5-6H2. The fraction of sp³-hybridized carbons (Fsp3) is 0.200. The second kappa shape index (κ2) is 4.11. The van der Waals surface area contributed by atoms with Crippen LogP contribution in [0.15, 0.2) is 24.3 Å². The normalized spacial score (nSPS) is 10.7. The summed E-state index contributed by atoms with van der Waals surface area (Å²) in [6.45, 7) is 0. The van der Waals surface area contributed by atoms with Gasteiger partial charge in [-0.1, -0.05) is 0 Å².